The Bertz CT molecular complexity index is 490. The average molecular weight is 278 g/mol. The van der Waals surface area contributed by atoms with Crippen molar-refractivity contribution >= 4 is 11.6 Å². The maximum Gasteiger partial charge on any atom is 0.0646 e. The van der Waals surface area contributed by atoms with Gasteiger partial charge < -0.3 is 5.32 Å². The summed E-state index contributed by atoms with van der Waals surface area (Å²) in [5, 5.41) is 8.54. The lowest BCUT2D eigenvalue weighted by atomic mass is 10.2. The molecule has 2 aromatic rings. The molecular weight excluding hydrogens is 258 g/mol. The van der Waals surface area contributed by atoms with E-state index in [1.165, 1.54) is 12.0 Å². The molecule has 1 aromatic heterocycles. The predicted octanol–water partition coefficient (Wildman–Crippen LogP) is 3.46. The van der Waals surface area contributed by atoms with Crippen LogP contribution in [0.4, 0.5) is 0 Å². The number of rotatable bonds is 7. The van der Waals surface area contributed by atoms with Gasteiger partial charge in [-0.1, -0.05) is 18.5 Å². The molecule has 19 heavy (non-hydrogen) atoms. The average Bonchev–Trinajstić information content (AvgIpc) is 2.88. The summed E-state index contributed by atoms with van der Waals surface area (Å²) in [7, 11) is 0. The smallest absolute Gasteiger partial charge is 0.0646 e. The highest BCUT2D eigenvalue weighted by atomic mass is 35.5. The summed E-state index contributed by atoms with van der Waals surface area (Å²) >= 11 is 5.88. The minimum atomic E-state index is 0.748. The Morgan fingerprint density at radius 3 is 2.74 bits per heavy atom. The Balaban J connectivity index is 1.86. The van der Waals surface area contributed by atoms with Crippen LogP contribution < -0.4 is 5.32 Å². The molecule has 0 aliphatic carbocycles. The minimum Gasteiger partial charge on any atom is -0.317 e. The maximum atomic E-state index is 5.88. The molecule has 0 bridgehead atoms. The second kappa shape index (κ2) is 7.31. The molecule has 2 rings (SSSR count). The highest BCUT2D eigenvalue weighted by molar-refractivity contribution is 6.30. The normalized spacial score (nSPS) is 10.8. The Morgan fingerprint density at radius 2 is 2.00 bits per heavy atom. The third-order valence-electron chi connectivity index (χ3n) is 2.97. The molecule has 1 heterocycles. The van der Waals surface area contributed by atoms with Crippen LogP contribution in [0.15, 0.2) is 36.7 Å². The number of aryl methyl sites for hydroxylation is 1. The molecule has 0 fully saturated rings. The van der Waals surface area contributed by atoms with E-state index < -0.39 is 0 Å². The topological polar surface area (TPSA) is 29.9 Å². The molecule has 0 aliphatic heterocycles. The molecule has 0 saturated carbocycles. The van der Waals surface area contributed by atoms with Crippen LogP contribution in [0.25, 0.3) is 5.69 Å². The highest BCUT2D eigenvalue weighted by Crippen LogP contribution is 2.13. The van der Waals surface area contributed by atoms with Gasteiger partial charge in [0, 0.05) is 11.2 Å². The minimum absolute atomic E-state index is 0.748. The predicted molar refractivity (Wildman–Crippen MR) is 80.1 cm³/mol. The Labute approximate surface area is 119 Å². The number of benzene rings is 1. The summed E-state index contributed by atoms with van der Waals surface area (Å²) in [4.78, 5) is 0. The number of nitrogens with zero attached hydrogens (tertiary/aromatic N) is 2. The highest BCUT2D eigenvalue weighted by Gasteiger charge is 2.01. The zero-order chi connectivity index (χ0) is 13.5. The van der Waals surface area contributed by atoms with Crippen LogP contribution in [0.5, 0.6) is 0 Å². The molecule has 1 aromatic carbocycles. The molecule has 102 valence electrons. The molecule has 1 N–H and O–H groups in total. The van der Waals surface area contributed by atoms with E-state index in [1.807, 2.05) is 35.1 Å². The first kappa shape index (κ1) is 14.1. The van der Waals surface area contributed by atoms with E-state index >= 15 is 0 Å². The van der Waals surface area contributed by atoms with Crippen molar-refractivity contribution in [3.05, 3.63) is 47.2 Å². The Kier molecular flexibility index (Phi) is 5.43. The van der Waals surface area contributed by atoms with Crippen molar-refractivity contribution in [2.45, 2.75) is 26.2 Å². The van der Waals surface area contributed by atoms with Gasteiger partial charge in [-0.3, -0.25) is 0 Å². The molecule has 0 radical (unpaired) electrons. The van der Waals surface area contributed by atoms with Crippen molar-refractivity contribution in [2.75, 3.05) is 13.1 Å². The van der Waals surface area contributed by atoms with E-state index in [0.717, 1.165) is 36.6 Å². The van der Waals surface area contributed by atoms with Gasteiger partial charge in [0.15, 0.2) is 0 Å². The maximum absolute atomic E-state index is 5.88. The van der Waals surface area contributed by atoms with Crippen molar-refractivity contribution in [2.24, 2.45) is 0 Å². The van der Waals surface area contributed by atoms with Crippen molar-refractivity contribution in [3.63, 3.8) is 0 Å². The van der Waals surface area contributed by atoms with Crippen LogP contribution >= 0.6 is 11.6 Å². The zero-order valence-electron chi connectivity index (χ0n) is 11.3. The van der Waals surface area contributed by atoms with E-state index in [0.29, 0.717) is 0 Å². The number of aromatic nitrogens is 2. The van der Waals surface area contributed by atoms with Gasteiger partial charge in [0.2, 0.25) is 0 Å². The lowest BCUT2D eigenvalue weighted by Gasteiger charge is -2.02. The van der Waals surface area contributed by atoms with E-state index in [1.54, 1.807) is 0 Å². The summed E-state index contributed by atoms with van der Waals surface area (Å²) in [6, 6.07) is 7.71. The summed E-state index contributed by atoms with van der Waals surface area (Å²) in [5.74, 6) is 0. The van der Waals surface area contributed by atoms with Gasteiger partial charge in [0.1, 0.15) is 0 Å². The van der Waals surface area contributed by atoms with Crippen molar-refractivity contribution in [1.82, 2.24) is 15.1 Å². The number of hydrogen-bond acceptors (Lipinski definition) is 2. The van der Waals surface area contributed by atoms with Gasteiger partial charge in [-0.25, -0.2) is 4.68 Å². The molecule has 0 unspecified atom stereocenters. The van der Waals surface area contributed by atoms with Gasteiger partial charge in [0.25, 0.3) is 0 Å². The van der Waals surface area contributed by atoms with Crippen molar-refractivity contribution < 1.29 is 0 Å². The van der Waals surface area contributed by atoms with E-state index in [2.05, 4.69) is 23.5 Å². The molecule has 0 aliphatic rings. The van der Waals surface area contributed by atoms with Crippen molar-refractivity contribution in [3.8, 4) is 5.69 Å². The summed E-state index contributed by atoms with van der Waals surface area (Å²) in [6.45, 7) is 4.35. The van der Waals surface area contributed by atoms with Gasteiger partial charge in [-0.15, -0.1) is 0 Å². The fourth-order valence-corrected chi connectivity index (χ4v) is 2.07. The van der Waals surface area contributed by atoms with E-state index in [4.69, 9.17) is 11.6 Å². The number of hydrogen-bond donors (Lipinski definition) is 1. The molecule has 0 atom stereocenters. The second-order valence-electron chi connectivity index (χ2n) is 4.62. The van der Waals surface area contributed by atoms with Gasteiger partial charge in [-0.05, 0) is 62.2 Å². The van der Waals surface area contributed by atoms with Gasteiger partial charge in [0.05, 0.1) is 11.9 Å². The van der Waals surface area contributed by atoms with Gasteiger partial charge >= 0.3 is 0 Å². The summed E-state index contributed by atoms with van der Waals surface area (Å²) in [6.07, 6.45) is 7.42. The summed E-state index contributed by atoms with van der Waals surface area (Å²) < 4.78 is 1.89. The molecule has 0 saturated heterocycles. The second-order valence-corrected chi connectivity index (χ2v) is 5.06. The first-order valence-corrected chi connectivity index (χ1v) is 7.17. The molecule has 3 nitrogen and oxygen atoms in total. The Morgan fingerprint density at radius 1 is 1.21 bits per heavy atom. The van der Waals surface area contributed by atoms with Crippen LogP contribution in [0.3, 0.4) is 0 Å². The lowest BCUT2D eigenvalue weighted by molar-refractivity contribution is 0.640. The van der Waals surface area contributed by atoms with Gasteiger partial charge in [-0.2, -0.15) is 5.10 Å². The largest absolute Gasteiger partial charge is 0.317 e. The first-order valence-electron chi connectivity index (χ1n) is 6.80. The monoisotopic (exact) mass is 277 g/mol. The summed E-state index contributed by atoms with van der Waals surface area (Å²) in [5.41, 5.74) is 2.31. The van der Waals surface area contributed by atoms with Crippen LogP contribution in [0.1, 0.15) is 25.3 Å². The molecule has 0 spiro atoms. The van der Waals surface area contributed by atoms with E-state index in [9.17, 15) is 0 Å². The van der Waals surface area contributed by atoms with Crippen LogP contribution in [0, 0.1) is 0 Å². The zero-order valence-corrected chi connectivity index (χ0v) is 12.0. The number of nitrogens with one attached hydrogen (secondary N) is 1. The molecular formula is C15H20ClN3. The fraction of sp³-hybridized carbons (Fsp3) is 0.400. The molecule has 4 heteroatoms. The van der Waals surface area contributed by atoms with Crippen LogP contribution in [0.2, 0.25) is 5.02 Å². The number of halogens is 1. The molecule has 0 amide bonds. The SMILES string of the molecule is CCCNCCCc1cnn(-c2ccc(Cl)cc2)c1. The first-order chi connectivity index (χ1) is 9.29. The third kappa shape index (κ3) is 4.37. The quantitative estimate of drug-likeness (QED) is 0.786. The van der Waals surface area contributed by atoms with E-state index in [-0.39, 0.29) is 0 Å². The van der Waals surface area contributed by atoms with Crippen LogP contribution in [-0.4, -0.2) is 22.9 Å². The van der Waals surface area contributed by atoms with Crippen molar-refractivity contribution in [1.29, 1.82) is 0 Å². The Hall–Kier alpha value is -1.32. The standard InChI is InChI=1S/C15H20ClN3/c1-2-9-17-10-3-4-13-11-18-19(12-13)15-7-5-14(16)6-8-15/h5-8,11-12,17H,2-4,9-10H2,1H3. The lowest BCUT2D eigenvalue weighted by Crippen LogP contribution is -2.16. The van der Waals surface area contributed by atoms with Crippen LogP contribution in [-0.2, 0) is 6.42 Å². The third-order valence-corrected chi connectivity index (χ3v) is 3.22. The fourth-order valence-electron chi connectivity index (χ4n) is 1.94.